The third-order valence-electron chi connectivity index (χ3n) is 3.28. The van der Waals surface area contributed by atoms with Gasteiger partial charge in [-0.1, -0.05) is 0 Å². The summed E-state index contributed by atoms with van der Waals surface area (Å²) in [5, 5.41) is 2.96. The van der Waals surface area contributed by atoms with Gasteiger partial charge in [0.05, 0.1) is 5.69 Å². The Labute approximate surface area is 109 Å². The third-order valence-corrected chi connectivity index (χ3v) is 3.28. The molecule has 0 atom stereocenters. The number of hydrogen-bond donors (Lipinski definition) is 1. The monoisotopic (exact) mass is 250 g/mol. The second kappa shape index (κ2) is 6.66. The first kappa shape index (κ1) is 13.2. The van der Waals surface area contributed by atoms with Crippen LogP contribution < -0.4 is 5.32 Å². The second-order valence-corrected chi connectivity index (χ2v) is 4.87. The van der Waals surface area contributed by atoms with Gasteiger partial charge < -0.3 is 15.0 Å². The van der Waals surface area contributed by atoms with Crippen LogP contribution in [0.25, 0.3) is 0 Å². The molecule has 1 fully saturated rings. The highest BCUT2D eigenvalue weighted by atomic mass is 16.5. The van der Waals surface area contributed by atoms with Gasteiger partial charge in [0.15, 0.2) is 0 Å². The lowest BCUT2D eigenvalue weighted by Crippen LogP contribution is -2.29. The number of hydrogen-bond acceptors (Lipinski definition) is 5. The van der Waals surface area contributed by atoms with Crippen molar-refractivity contribution in [1.82, 2.24) is 14.9 Å². The number of nitrogens with zero attached hydrogens (tertiary/aromatic N) is 3. The molecule has 2 heterocycles. The highest BCUT2D eigenvalue weighted by Gasteiger charge is 2.16. The van der Waals surface area contributed by atoms with Crippen LogP contribution in [0, 0.1) is 5.92 Å². The summed E-state index contributed by atoms with van der Waals surface area (Å²) in [5.74, 6) is 1.45. The van der Waals surface area contributed by atoms with Crippen LogP contribution in [0.15, 0.2) is 12.3 Å². The molecule has 0 amide bonds. The van der Waals surface area contributed by atoms with Crippen molar-refractivity contribution >= 4 is 5.95 Å². The summed E-state index contributed by atoms with van der Waals surface area (Å²) in [6.07, 6.45) is 4.15. The summed E-state index contributed by atoms with van der Waals surface area (Å²) in [6.45, 7) is 3.81. The first-order valence-electron chi connectivity index (χ1n) is 6.54. The summed E-state index contributed by atoms with van der Waals surface area (Å²) in [5.41, 5.74) is 1.06. The standard InChI is InChI=1S/C13H22N4O/c1-14-13-15-6-3-12(16-13)10-17(2)9-11-4-7-18-8-5-11/h3,6,11H,4-5,7-10H2,1-2H3,(H,14,15,16). The fourth-order valence-electron chi connectivity index (χ4n) is 2.32. The van der Waals surface area contributed by atoms with Crippen molar-refractivity contribution in [3.05, 3.63) is 18.0 Å². The van der Waals surface area contributed by atoms with Gasteiger partial charge in [0.25, 0.3) is 0 Å². The Morgan fingerprint density at radius 3 is 2.94 bits per heavy atom. The number of aromatic nitrogens is 2. The third kappa shape index (κ3) is 3.92. The van der Waals surface area contributed by atoms with Crippen LogP contribution >= 0.6 is 0 Å². The van der Waals surface area contributed by atoms with Gasteiger partial charge in [0.2, 0.25) is 5.95 Å². The van der Waals surface area contributed by atoms with Gasteiger partial charge in [-0.25, -0.2) is 9.97 Å². The molecule has 1 saturated heterocycles. The minimum atomic E-state index is 0.687. The molecule has 1 aromatic rings. The Morgan fingerprint density at radius 2 is 2.22 bits per heavy atom. The van der Waals surface area contributed by atoms with Gasteiger partial charge in [0.1, 0.15) is 0 Å². The fraction of sp³-hybridized carbons (Fsp3) is 0.692. The highest BCUT2D eigenvalue weighted by Crippen LogP contribution is 2.16. The van der Waals surface area contributed by atoms with E-state index in [1.54, 1.807) is 6.20 Å². The smallest absolute Gasteiger partial charge is 0.222 e. The Morgan fingerprint density at radius 1 is 1.44 bits per heavy atom. The van der Waals surface area contributed by atoms with Gasteiger partial charge in [-0.05, 0) is 31.9 Å². The molecule has 0 unspecified atom stereocenters. The zero-order valence-corrected chi connectivity index (χ0v) is 11.2. The van der Waals surface area contributed by atoms with E-state index in [0.29, 0.717) is 5.95 Å². The zero-order valence-electron chi connectivity index (χ0n) is 11.2. The van der Waals surface area contributed by atoms with Crippen LogP contribution in [0.3, 0.4) is 0 Å². The van der Waals surface area contributed by atoms with Crippen LogP contribution in [0.1, 0.15) is 18.5 Å². The number of rotatable bonds is 5. The highest BCUT2D eigenvalue weighted by molar-refractivity contribution is 5.23. The fourth-order valence-corrected chi connectivity index (χ4v) is 2.32. The van der Waals surface area contributed by atoms with Crippen molar-refractivity contribution in [1.29, 1.82) is 0 Å². The minimum absolute atomic E-state index is 0.687. The van der Waals surface area contributed by atoms with E-state index in [-0.39, 0.29) is 0 Å². The molecule has 0 aliphatic carbocycles. The molecular weight excluding hydrogens is 228 g/mol. The van der Waals surface area contributed by atoms with Gasteiger partial charge >= 0.3 is 0 Å². The average molecular weight is 250 g/mol. The molecule has 0 aromatic carbocycles. The summed E-state index contributed by atoms with van der Waals surface area (Å²) < 4.78 is 5.38. The number of nitrogens with one attached hydrogen (secondary N) is 1. The molecule has 5 heteroatoms. The second-order valence-electron chi connectivity index (χ2n) is 4.87. The molecule has 0 bridgehead atoms. The van der Waals surface area contributed by atoms with Crippen molar-refractivity contribution in [2.24, 2.45) is 5.92 Å². The van der Waals surface area contributed by atoms with E-state index >= 15 is 0 Å². The van der Waals surface area contributed by atoms with E-state index in [1.807, 2.05) is 13.1 Å². The molecule has 5 nitrogen and oxygen atoms in total. The predicted molar refractivity (Wildman–Crippen MR) is 71.5 cm³/mol. The maximum Gasteiger partial charge on any atom is 0.222 e. The molecular formula is C13H22N4O. The molecule has 1 aliphatic heterocycles. The molecule has 0 saturated carbocycles. The van der Waals surface area contributed by atoms with Crippen LogP contribution in [-0.4, -0.2) is 48.7 Å². The lowest BCUT2D eigenvalue weighted by molar-refractivity contribution is 0.0548. The number of ether oxygens (including phenoxy) is 1. The Kier molecular flexibility index (Phi) is 4.90. The van der Waals surface area contributed by atoms with Crippen LogP contribution in [0.5, 0.6) is 0 Å². The molecule has 100 valence electrons. The van der Waals surface area contributed by atoms with Crippen LogP contribution in [-0.2, 0) is 11.3 Å². The summed E-state index contributed by atoms with van der Waals surface area (Å²) in [4.78, 5) is 10.9. The first-order valence-corrected chi connectivity index (χ1v) is 6.54. The normalized spacial score (nSPS) is 17.1. The van der Waals surface area contributed by atoms with Gasteiger partial charge in [-0.2, -0.15) is 0 Å². The lowest BCUT2D eigenvalue weighted by Gasteiger charge is -2.26. The minimum Gasteiger partial charge on any atom is -0.381 e. The molecule has 1 aliphatic rings. The van der Waals surface area contributed by atoms with Crippen molar-refractivity contribution < 1.29 is 4.74 Å². The maximum absolute atomic E-state index is 5.38. The number of anilines is 1. The van der Waals surface area contributed by atoms with Crippen LogP contribution in [0.4, 0.5) is 5.95 Å². The molecule has 2 rings (SSSR count). The average Bonchev–Trinajstić information content (AvgIpc) is 2.40. The van der Waals surface area contributed by atoms with E-state index in [9.17, 15) is 0 Å². The van der Waals surface area contributed by atoms with E-state index < -0.39 is 0 Å². The van der Waals surface area contributed by atoms with Crippen molar-refractivity contribution in [2.75, 3.05) is 39.2 Å². The molecule has 1 aromatic heterocycles. The van der Waals surface area contributed by atoms with Crippen molar-refractivity contribution in [3.63, 3.8) is 0 Å². The Hall–Kier alpha value is -1.20. The molecule has 1 N–H and O–H groups in total. The lowest BCUT2D eigenvalue weighted by atomic mass is 10.00. The predicted octanol–water partition coefficient (Wildman–Crippen LogP) is 1.38. The SMILES string of the molecule is CNc1nccc(CN(C)CC2CCOCC2)n1. The van der Waals surface area contributed by atoms with Crippen molar-refractivity contribution in [3.8, 4) is 0 Å². The van der Waals surface area contributed by atoms with Gasteiger partial charge in [0, 0.05) is 39.5 Å². The summed E-state index contributed by atoms with van der Waals surface area (Å²) in [6, 6.07) is 1.97. The quantitative estimate of drug-likeness (QED) is 0.855. The largest absolute Gasteiger partial charge is 0.381 e. The van der Waals surface area contributed by atoms with Crippen LogP contribution in [0.2, 0.25) is 0 Å². The van der Waals surface area contributed by atoms with Gasteiger partial charge in [-0.3, -0.25) is 0 Å². The summed E-state index contributed by atoms with van der Waals surface area (Å²) in [7, 11) is 3.99. The van der Waals surface area contributed by atoms with Gasteiger partial charge in [-0.15, -0.1) is 0 Å². The van der Waals surface area contributed by atoms with E-state index in [4.69, 9.17) is 4.74 Å². The zero-order chi connectivity index (χ0) is 12.8. The van der Waals surface area contributed by atoms with E-state index in [2.05, 4.69) is 27.2 Å². The van der Waals surface area contributed by atoms with Crippen molar-refractivity contribution in [2.45, 2.75) is 19.4 Å². The topological polar surface area (TPSA) is 50.3 Å². The Bertz CT molecular complexity index is 366. The molecule has 0 radical (unpaired) electrons. The Balaban J connectivity index is 1.83. The summed E-state index contributed by atoms with van der Waals surface area (Å²) >= 11 is 0. The molecule has 18 heavy (non-hydrogen) atoms. The van der Waals surface area contributed by atoms with E-state index in [1.165, 1.54) is 12.8 Å². The van der Waals surface area contributed by atoms with E-state index in [0.717, 1.165) is 37.9 Å². The maximum atomic E-state index is 5.38. The molecule has 0 spiro atoms. The first-order chi connectivity index (χ1) is 8.78.